The SMILES string of the molecule is CS(=O)(=O)CCC(N)C(=O)NC1(C(=O)O)CCCC1. The van der Waals surface area contributed by atoms with Gasteiger partial charge in [0.25, 0.3) is 0 Å². The highest BCUT2D eigenvalue weighted by atomic mass is 32.2. The number of carbonyl (C=O) groups is 2. The van der Waals surface area contributed by atoms with Crippen LogP contribution in [-0.2, 0) is 19.4 Å². The summed E-state index contributed by atoms with van der Waals surface area (Å²) in [6.45, 7) is 0. The number of rotatable bonds is 6. The van der Waals surface area contributed by atoms with Crippen LogP contribution in [0.5, 0.6) is 0 Å². The van der Waals surface area contributed by atoms with E-state index in [-0.39, 0.29) is 12.2 Å². The van der Waals surface area contributed by atoms with E-state index in [9.17, 15) is 23.1 Å². The number of nitrogens with two attached hydrogens (primary N) is 1. The van der Waals surface area contributed by atoms with E-state index in [4.69, 9.17) is 5.73 Å². The average molecular weight is 292 g/mol. The van der Waals surface area contributed by atoms with E-state index >= 15 is 0 Å². The normalized spacial score (nSPS) is 19.9. The van der Waals surface area contributed by atoms with E-state index in [1.165, 1.54) is 0 Å². The first-order valence-corrected chi connectivity index (χ1v) is 8.21. The number of carboxylic acid groups (broad SMARTS) is 1. The highest BCUT2D eigenvalue weighted by molar-refractivity contribution is 7.90. The zero-order valence-corrected chi connectivity index (χ0v) is 11.7. The molecule has 0 heterocycles. The van der Waals surface area contributed by atoms with Crippen molar-refractivity contribution < 1.29 is 23.1 Å². The lowest BCUT2D eigenvalue weighted by Crippen LogP contribution is -2.56. The van der Waals surface area contributed by atoms with Crippen LogP contribution in [0.3, 0.4) is 0 Å². The lowest BCUT2D eigenvalue weighted by atomic mass is 9.97. The number of carbonyl (C=O) groups excluding carboxylic acids is 1. The number of carboxylic acids is 1. The summed E-state index contributed by atoms with van der Waals surface area (Å²) in [5.74, 6) is -1.86. The maximum atomic E-state index is 11.8. The number of amides is 1. The maximum absolute atomic E-state index is 11.8. The number of aliphatic carboxylic acids is 1. The fraction of sp³-hybridized carbons (Fsp3) is 0.818. The minimum absolute atomic E-state index is 0.0135. The van der Waals surface area contributed by atoms with Crippen LogP contribution < -0.4 is 11.1 Å². The van der Waals surface area contributed by atoms with Crippen LogP contribution in [0.25, 0.3) is 0 Å². The summed E-state index contributed by atoms with van der Waals surface area (Å²) in [5.41, 5.74) is 4.36. The third kappa shape index (κ3) is 4.46. The molecule has 0 radical (unpaired) electrons. The van der Waals surface area contributed by atoms with Crippen LogP contribution >= 0.6 is 0 Å². The van der Waals surface area contributed by atoms with Gasteiger partial charge in [-0.2, -0.15) is 0 Å². The fourth-order valence-corrected chi connectivity index (χ4v) is 2.85. The Hall–Kier alpha value is -1.15. The molecule has 0 saturated heterocycles. The molecule has 1 amide bonds. The van der Waals surface area contributed by atoms with Crippen LogP contribution in [0.15, 0.2) is 0 Å². The number of nitrogens with one attached hydrogen (secondary N) is 1. The number of sulfone groups is 1. The molecule has 1 fully saturated rings. The second-order valence-electron chi connectivity index (χ2n) is 5.11. The quantitative estimate of drug-likeness (QED) is 0.592. The Morgan fingerprint density at radius 2 is 1.89 bits per heavy atom. The Morgan fingerprint density at radius 3 is 2.32 bits per heavy atom. The van der Waals surface area contributed by atoms with Crippen LogP contribution in [0, 0.1) is 0 Å². The zero-order valence-electron chi connectivity index (χ0n) is 10.9. The molecule has 8 heteroatoms. The van der Waals surface area contributed by atoms with Crippen molar-refractivity contribution in [3.8, 4) is 0 Å². The summed E-state index contributed by atoms with van der Waals surface area (Å²) in [4.78, 5) is 23.1. The van der Waals surface area contributed by atoms with Gasteiger partial charge in [-0.1, -0.05) is 12.8 Å². The van der Waals surface area contributed by atoms with Crippen molar-refractivity contribution in [1.29, 1.82) is 0 Å². The lowest BCUT2D eigenvalue weighted by molar-refractivity contribution is -0.147. The van der Waals surface area contributed by atoms with Gasteiger partial charge in [0, 0.05) is 6.26 Å². The van der Waals surface area contributed by atoms with Crippen LogP contribution in [0.4, 0.5) is 0 Å². The smallest absolute Gasteiger partial charge is 0.329 e. The van der Waals surface area contributed by atoms with Gasteiger partial charge in [0.15, 0.2) is 0 Å². The van der Waals surface area contributed by atoms with Gasteiger partial charge in [-0.15, -0.1) is 0 Å². The fourth-order valence-electron chi connectivity index (χ4n) is 2.17. The van der Waals surface area contributed by atoms with E-state index in [1.54, 1.807) is 0 Å². The molecule has 0 aliphatic heterocycles. The van der Waals surface area contributed by atoms with Crippen molar-refractivity contribution in [3.05, 3.63) is 0 Å². The minimum atomic E-state index is -3.19. The molecule has 1 saturated carbocycles. The van der Waals surface area contributed by atoms with E-state index in [1.807, 2.05) is 0 Å². The predicted octanol–water partition coefficient (Wildman–Crippen LogP) is -0.738. The van der Waals surface area contributed by atoms with Crippen LogP contribution in [0.1, 0.15) is 32.1 Å². The Labute approximate surface area is 112 Å². The van der Waals surface area contributed by atoms with Gasteiger partial charge >= 0.3 is 5.97 Å². The van der Waals surface area contributed by atoms with Crippen molar-refractivity contribution in [1.82, 2.24) is 5.32 Å². The molecule has 19 heavy (non-hydrogen) atoms. The van der Waals surface area contributed by atoms with E-state index in [0.717, 1.165) is 19.1 Å². The lowest BCUT2D eigenvalue weighted by Gasteiger charge is -2.26. The van der Waals surface area contributed by atoms with Gasteiger partial charge in [0.1, 0.15) is 15.4 Å². The molecule has 0 aromatic carbocycles. The molecule has 4 N–H and O–H groups in total. The molecule has 0 spiro atoms. The predicted molar refractivity (Wildman–Crippen MR) is 69.3 cm³/mol. The molecule has 0 bridgehead atoms. The molecule has 0 aromatic rings. The second kappa shape index (κ2) is 5.87. The van der Waals surface area contributed by atoms with Crippen molar-refractivity contribution in [2.24, 2.45) is 5.73 Å². The van der Waals surface area contributed by atoms with E-state index < -0.39 is 33.3 Å². The highest BCUT2D eigenvalue weighted by Crippen LogP contribution is 2.29. The molecule has 1 aliphatic carbocycles. The van der Waals surface area contributed by atoms with Crippen LogP contribution in [-0.4, -0.2) is 49.0 Å². The van der Waals surface area contributed by atoms with Gasteiger partial charge in [-0.05, 0) is 19.3 Å². The van der Waals surface area contributed by atoms with Gasteiger partial charge < -0.3 is 16.2 Å². The summed E-state index contributed by atoms with van der Waals surface area (Å²) < 4.78 is 22.0. The minimum Gasteiger partial charge on any atom is -0.480 e. The molecule has 1 aliphatic rings. The molecular formula is C11H20N2O5S. The summed E-state index contributed by atoms with van der Waals surface area (Å²) in [6, 6.07) is -1.01. The molecule has 110 valence electrons. The van der Waals surface area contributed by atoms with Gasteiger partial charge in [0.05, 0.1) is 11.8 Å². The topological polar surface area (TPSA) is 127 Å². The monoisotopic (exact) mass is 292 g/mol. The van der Waals surface area contributed by atoms with Crippen LogP contribution in [0.2, 0.25) is 0 Å². The van der Waals surface area contributed by atoms with Gasteiger partial charge in [-0.3, -0.25) is 4.79 Å². The third-order valence-corrected chi connectivity index (χ3v) is 4.34. The molecule has 1 rings (SSSR count). The second-order valence-corrected chi connectivity index (χ2v) is 7.37. The van der Waals surface area contributed by atoms with Crippen molar-refractivity contribution in [2.75, 3.05) is 12.0 Å². The Kier molecular flexibility index (Phi) is 4.92. The Morgan fingerprint density at radius 1 is 1.37 bits per heavy atom. The molecular weight excluding hydrogens is 272 g/mol. The number of hydrogen-bond acceptors (Lipinski definition) is 5. The average Bonchev–Trinajstić information content (AvgIpc) is 2.74. The summed E-state index contributed by atoms with van der Waals surface area (Å²) in [7, 11) is -3.19. The van der Waals surface area contributed by atoms with Gasteiger partial charge in [-0.25, -0.2) is 13.2 Å². The molecule has 1 atom stereocenters. The third-order valence-electron chi connectivity index (χ3n) is 3.37. The standard InChI is InChI=1S/C11H20N2O5S/c1-19(17,18)7-4-8(12)9(14)13-11(10(15)16)5-2-3-6-11/h8H,2-7,12H2,1H3,(H,13,14)(H,15,16). The largest absolute Gasteiger partial charge is 0.480 e. The maximum Gasteiger partial charge on any atom is 0.329 e. The Balaban J connectivity index is 2.60. The van der Waals surface area contributed by atoms with Crippen molar-refractivity contribution >= 4 is 21.7 Å². The first-order valence-electron chi connectivity index (χ1n) is 6.15. The first kappa shape index (κ1) is 15.9. The molecule has 0 aromatic heterocycles. The summed E-state index contributed by atoms with van der Waals surface area (Å²) in [5, 5.41) is 11.7. The van der Waals surface area contributed by atoms with Crippen molar-refractivity contribution in [3.63, 3.8) is 0 Å². The van der Waals surface area contributed by atoms with Gasteiger partial charge in [0.2, 0.25) is 5.91 Å². The Bertz CT molecular complexity index is 454. The van der Waals surface area contributed by atoms with Crippen molar-refractivity contribution in [2.45, 2.75) is 43.7 Å². The zero-order chi connectivity index (χ0) is 14.7. The highest BCUT2D eigenvalue weighted by Gasteiger charge is 2.43. The summed E-state index contributed by atoms with van der Waals surface area (Å²) >= 11 is 0. The molecule has 7 nitrogen and oxygen atoms in total. The summed E-state index contributed by atoms with van der Waals surface area (Å²) in [6.07, 6.45) is 3.30. The number of hydrogen-bond donors (Lipinski definition) is 3. The van der Waals surface area contributed by atoms with E-state index in [2.05, 4.69) is 5.32 Å². The first-order chi connectivity index (χ1) is 8.66. The molecule has 1 unspecified atom stereocenters. The van der Waals surface area contributed by atoms with E-state index in [0.29, 0.717) is 12.8 Å².